The van der Waals surface area contributed by atoms with E-state index in [0.29, 0.717) is 24.5 Å². The van der Waals surface area contributed by atoms with Crippen LogP contribution >= 0.6 is 11.6 Å². The molecule has 0 saturated carbocycles. The summed E-state index contributed by atoms with van der Waals surface area (Å²) in [4.78, 5) is 11.5. The molecule has 1 N–H and O–H groups in total. The summed E-state index contributed by atoms with van der Waals surface area (Å²) in [6.07, 6.45) is 1.78. The number of sulfonamides is 1. The van der Waals surface area contributed by atoms with Gasteiger partial charge in [0, 0.05) is 30.6 Å². The zero-order valence-electron chi connectivity index (χ0n) is 13.2. The Balaban J connectivity index is 2.55. The summed E-state index contributed by atoms with van der Waals surface area (Å²) < 4.78 is 25.0. The van der Waals surface area contributed by atoms with Crippen LogP contribution in [0.2, 0.25) is 5.02 Å². The fraction of sp³-hybridized carbons (Fsp3) is 0.533. The van der Waals surface area contributed by atoms with Crippen molar-refractivity contribution < 1.29 is 13.2 Å². The number of amides is 1. The lowest BCUT2D eigenvalue weighted by atomic mass is 10.1. The molecular formula is C15H23ClN2O3S. The average molecular weight is 347 g/mol. The summed E-state index contributed by atoms with van der Waals surface area (Å²) in [5, 5.41) is 3.38. The maximum Gasteiger partial charge on any atom is 0.222 e. The van der Waals surface area contributed by atoms with Crippen LogP contribution < -0.4 is 5.32 Å². The number of carbonyl (C=O) groups is 1. The summed E-state index contributed by atoms with van der Waals surface area (Å²) in [5.41, 5.74) is 1.02. The second-order valence-corrected chi connectivity index (χ2v) is 7.90. The molecule has 1 rings (SSSR count). The lowest BCUT2D eigenvalue weighted by Gasteiger charge is -2.20. The lowest BCUT2D eigenvalue weighted by Crippen LogP contribution is -2.40. The van der Waals surface area contributed by atoms with E-state index in [-0.39, 0.29) is 18.4 Å². The zero-order valence-corrected chi connectivity index (χ0v) is 14.7. The first-order valence-corrected chi connectivity index (χ1v) is 9.40. The van der Waals surface area contributed by atoms with E-state index in [1.165, 1.54) is 10.6 Å². The van der Waals surface area contributed by atoms with Crippen molar-refractivity contribution in [1.82, 2.24) is 9.62 Å². The van der Waals surface area contributed by atoms with Crippen LogP contribution in [0.4, 0.5) is 0 Å². The normalized spacial score (nSPS) is 11.9. The Hall–Kier alpha value is -1.11. The van der Waals surface area contributed by atoms with Gasteiger partial charge in [-0.3, -0.25) is 4.79 Å². The maximum absolute atomic E-state index is 11.8. The van der Waals surface area contributed by atoms with Crippen molar-refractivity contribution >= 4 is 27.5 Å². The number of hydrogen-bond donors (Lipinski definition) is 1. The van der Waals surface area contributed by atoms with Crippen LogP contribution in [0.5, 0.6) is 0 Å². The second kappa shape index (κ2) is 8.50. The summed E-state index contributed by atoms with van der Waals surface area (Å²) in [7, 11) is -3.31. The van der Waals surface area contributed by atoms with E-state index in [9.17, 15) is 13.2 Å². The van der Waals surface area contributed by atoms with E-state index >= 15 is 0 Å². The average Bonchev–Trinajstić information content (AvgIpc) is 2.42. The van der Waals surface area contributed by atoms with Crippen molar-refractivity contribution in [2.24, 2.45) is 5.92 Å². The van der Waals surface area contributed by atoms with Gasteiger partial charge >= 0.3 is 0 Å². The monoisotopic (exact) mass is 346 g/mol. The van der Waals surface area contributed by atoms with E-state index in [1.54, 1.807) is 26.0 Å². The van der Waals surface area contributed by atoms with Gasteiger partial charge in [0.1, 0.15) is 0 Å². The molecule has 124 valence electrons. The number of rotatable bonds is 8. The Kier molecular flexibility index (Phi) is 7.32. The molecule has 0 aromatic heterocycles. The molecule has 1 amide bonds. The summed E-state index contributed by atoms with van der Waals surface area (Å²) in [6.45, 7) is 4.54. The molecule has 0 saturated heterocycles. The lowest BCUT2D eigenvalue weighted by molar-refractivity contribution is -0.123. The SMILES string of the molecule is CC(C)C(=O)NCCN(CCc1ccc(Cl)cc1)S(C)(=O)=O. The standard InChI is InChI=1S/C15H23ClN2O3S/c1-12(2)15(19)17-9-11-18(22(3,20)21)10-8-13-4-6-14(16)7-5-13/h4-7,12H,8-11H2,1-3H3,(H,17,19). The smallest absolute Gasteiger partial charge is 0.222 e. The number of benzene rings is 1. The van der Waals surface area contributed by atoms with E-state index in [2.05, 4.69) is 5.32 Å². The third-order valence-electron chi connectivity index (χ3n) is 3.22. The van der Waals surface area contributed by atoms with Crippen molar-refractivity contribution in [3.05, 3.63) is 34.9 Å². The first-order valence-electron chi connectivity index (χ1n) is 7.17. The topological polar surface area (TPSA) is 66.5 Å². The number of halogens is 1. The molecule has 0 aliphatic rings. The highest BCUT2D eigenvalue weighted by Crippen LogP contribution is 2.11. The van der Waals surface area contributed by atoms with Crippen molar-refractivity contribution in [2.75, 3.05) is 25.9 Å². The first kappa shape index (κ1) is 18.9. The third-order valence-corrected chi connectivity index (χ3v) is 4.77. The Morgan fingerprint density at radius 3 is 2.32 bits per heavy atom. The van der Waals surface area contributed by atoms with Crippen LogP contribution in [0.25, 0.3) is 0 Å². The van der Waals surface area contributed by atoms with Crippen molar-refractivity contribution in [1.29, 1.82) is 0 Å². The summed E-state index contributed by atoms with van der Waals surface area (Å²) in [5.74, 6) is -0.188. The Labute approximate surface area is 137 Å². The molecule has 0 heterocycles. The molecule has 0 aliphatic carbocycles. The minimum Gasteiger partial charge on any atom is -0.355 e. The Morgan fingerprint density at radius 2 is 1.82 bits per heavy atom. The number of nitrogens with one attached hydrogen (secondary N) is 1. The van der Waals surface area contributed by atoms with Gasteiger partial charge in [0.05, 0.1) is 6.26 Å². The predicted octanol–water partition coefficient (Wildman–Crippen LogP) is 1.92. The van der Waals surface area contributed by atoms with E-state index < -0.39 is 10.0 Å². The fourth-order valence-electron chi connectivity index (χ4n) is 1.86. The highest BCUT2D eigenvalue weighted by Gasteiger charge is 2.16. The molecule has 0 unspecified atom stereocenters. The van der Waals surface area contributed by atoms with Crippen molar-refractivity contribution in [3.63, 3.8) is 0 Å². The second-order valence-electron chi connectivity index (χ2n) is 5.48. The number of nitrogens with zero attached hydrogens (tertiary/aromatic N) is 1. The molecule has 7 heteroatoms. The molecule has 0 atom stereocenters. The molecule has 0 aliphatic heterocycles. The van der Waals surface area contributed by atoms with Gasteiger partial charge in [0.25, 0.3) is 0 Å². The van der Waals surface area contributed by atoms with Crippen LogP contribution in [0.1, 0.15) is 19.4 Å². The van der Waals surface area contributed by atoms with Crippen LogP contribution in [0.15, 0.2) is 24.3 Å². The van der Waals surface area contributed by atoms with Crippen LogP contribution in [0.3, 0.4) is 0 Å². The molecule has 1 aromatic carbocycles. The maximum atomic E-state index is 11.8. The largest absolute Gasteiger partial charge is 0.355 e. The van der Waals surface area contributed by atoms with Gasteiger partial charge in [-0.05, 0) is 24.1 Å². The Bertz CT molecular complexity index is 585. The van der Waals surface area contributed by atoms with Gasteiger partial charge in [-0.2, -0.15) is 0 Å². The van der Waals surface area contributed by atoms with Gasteiger partial charge in [0.15, 0.2) is 0 Å². The number of hydrogen-bond acceptors (Lipinski definition) is 3. The van der Waals surface area contributed by atoms with Crippen molar-refractivity contribution in [2.45, 2.75) is 20.3 Å². The van der Waals surface area contributed by atoms with Gasteiger partial charge in [-0.25, -0.2) is 12.7 Å². The van der Waals surface area contributed by atoms with Crippen LogP contribution in [-0.4, -0.2) is 44.5 Å². The molecular weight excluding hydrogens is 324 g/mol. The van der Waals surface area contributed by atoms with Gasteiger partial charge < -0.3 is 5.32 Å². The van der Waals surface area contributed by atoms with Crippen LogP contribution in [-0.2, 0) is 21.2 Å². The molecule has 5 nitrogen and oxygen atoms in total. The fourth-order valence-corrected chi connectivity index (χ4v) is 2.83. The summed E-state index contributed by atoms with van der Waals surface area (Å²) in [6, 6.07) is 7.32. The molecule has 0 radical (unpaired) electrons. The summed E-state index contributed by atoms with van der Waals surface area (Å²) >= 11 is 5.82. The van der Waals surface area contributed by atoms with E-state index in [1.807, 2.05) is 12.1 Å². The molecule has 0 fully saturated rings. The number of carbonyl (C=O) groups excluding carboxylic acids is 1. The molecule has 0 spiro atoms. The minimum absolute atomic E-state index is 0.0776. The molecule has 0 bridgehead atoms. The van der Waals surface area contributed by atoms with Crippen LogP contribution in [0, 0.1) is 5.92 Å². The Morgan fingerprint density at radius 1 is 1.23 bits per heavy atom. The molecule has 22 heavy (non-hydrogen) atoms. The minimum atomic E-state index is -3.31. The van der Waals surface area contributed by atoms with Gasteiger partial charge in [-0.1, -0.05) is 37.6 Å². The van der Waals surface area contributed by atoms with E-state index in [4.69, 9.17) is 11.6 Å². The van der Waals surface area contributed by atoms with Gasteiger partial charge in [0.2, 0.25) is 15.9 Å². The van der Waals surface area contributed by atoms with Gasteiger partial charge in [-0.15, -0.1) is 0 Å². The third kappa shape index (κ3) is 6.77. The zero-order chi connectivity index (χ0) is 16.8. The molecule has 1 aromatic rings. The first-order chi connectivity index (χ1) is 10.2. The van der Waals surface area contributed by atoms with Crippen molar-refractivity contribution in [3.8, 4) is 0 Å². The van der Waals surface area contributed by atoms with E-state index in [0.717, 1.165) is 5.56 Å². The highest BCUT2D eigenvalue weighted by atomic mass is 35.5. The quantitative estimate of drug-likeness (QED) is 0.782. The highest BCUT2D eigenvalue weighted by molar-refractivity contribution is 7.88. The predicted molar refractivity (Wildman–Crippen MR) is 89.4 cm³/mol.